The van der Waals surface area contributed by atoms with Gasteiger partial charge in [0.1, 0.15) is 0 Å². The fourth-order valence-corrected chi connectivity index (χ4v) is 3.02. The number of halogens is 3. The Bertz CT molecular complexity index is 278. The minimum Gasteiger partial charge on any atom is -0.372 e. The number of likely N-dealkylation sites (N-methyl/N-ethyl adjacent to an activating group) is 1. The van der Waals surface area contributed by atoms with E-state index in [0.717, 1.165) is 25.9 Å². The lowest BCUT2D eigenvalue weighted by molar-refractivity contribution is -0.185. The van der Waals surface area contributed by atoms with Crippen molar-refractivity contribution in [3.63, 3.8) is 0 Å². The van der Waals surface area contributed by atoms with Crippen LogP contribution in [0.1, 0.15) is 25.7 Å². The second kappa shape index (κ2) is 6.41. The van der Waals surface area contributed by atoms with Crippen LogP contribution in [0.3, 0.4) is 0 Å². The second-order valence-corrected chi connectivity index (χ2v) is 5.63. The summed E-state index contributed by atoms with van der Waals surface area (Å²) < 4.78 is 43.5. The van der Waals surface area contributed by atoms with Crippen LogP contribution in [0.15, 0.2) is 0 Å². The highest BCUT2D eigenvalue weighted by molar-refractivity contribution is 4.82. The largest absolute Gasteiger partial charge is 0.391 e. The van der Waals surface area contributed by atoms with E-state index >= 15 is 0 Å². The van der Waals surface area contributed by atoms with Gasteiger partial charge < -0.3 is 15.0 Å². The molecule has 0 bridgehead atoms. The maximum atomic E-state index is 12.6. The Hall–Kier alpha value is -0.330. The van der Waals surface area contributed by atoms with Crippen LogP contribution in [-0.2, 0) is 4.74 Å². The number of piperidine rings is 1. The van der Waals surface area contributed by atoms with Crippen LogP contribution >= 0.6 is 0 Å². The fourth-order valence-electron chi connectivity index (χ4n) is 3.02. The summed E-state index contributed by atoms with van der Waals surface area (Å²) in [6.45, 7) is 2.72. The molecule has 0 aromatic heterocycles. The molecule has 2 aliphatic heterocycles. The average molecular weight is 280 g/mol. The standard InChI is InChI=1S/C13H23F3N2O/c1-17-8-11-2-3-12(19-11)9-18-6-4-10(5-7-18)13(14,15)16/h10-12,17H,2-9H2,1H3. The van der Waals surface area contributed by atoms with Crippen molar-refractivity contribution in [1.29, 1.82) is 0 Å². The maximum Gasteiger partial charge on any atom is 0.391 e. The van der Waals surface area contributed by atoms with Crippen LogP contribution < -0.4 is 5.32 Å². The molecular formula is C13H23F3N2O. The molecule has 0 saturated carbocycles. The molecule has 2 fully saturated rings. The van der Waals surface area contributed by atoms with E-state index in [9.17, 15) is 13.2 Å². The molecule has 0 spiro atoms. The van der Waals surface area contributed by atoms with Gasteiger partial charge in [0, 0.05) is 13.1 Å². The van der Waals surface area contributed by atoms with Gasteiger partial charge in [-0.3, -0.25) is 0 Å². The number of alkyl halides is 3. The first-order valence-electron chi connectivity index (χ1n) is 7.08. The number of rotatable bonds is 4. The third-order valence-corrected chi connectivity index (χ3v) is 4.14. The van der Waals surface area contributed by atoms with Gasteiger partial charge in [-0.15, -0.1) is 0 Å². The lowest BCUT2D eigenvalue weighted by Gasteiger charge is -2.34. The van der Waals surface area contributed by atoms with Crippen LogP contribution in [0.2, 0.25) is 0 Å². The zero-order chi connectivity index (χ0) is 13.9. The zero-order valence-electron chi connectivity index (χ0n) is 11.4. The third kappa shape index (κ3) is 4.33. The van der Waals surface area contributed by atoms with Crippen LogP contribution in [0.25, 0.3) is 0 Å². The summed E-state index contributed by atoms with van der Waals surface area (Å²) in [5.74, 6) is -1.11. The Morgan fingerprint density at radius 1 is 1.11 bits per heavy atom. The topological polar surface area (TPSA) is 24.5 Å². The van der Waals surface area contributed by atoms with Crippen LogP contribution in [0.4, 0.5) is 13.2 Å². The molecule has 0 amide bonds. The lowest BCUT2D eigenvalue weighted by atomic mass is 9.96. The highest BCUT2D eigenvalue weighted by Crippen LogP contribution is 2.34. The second-order valence-electron chi connectivity index (χ2n) is 5.63. The summed E-state index contributed by atoms with van der Waals surface area (Å²) in [6, 6.07) is 0. The van der Waals surface area contributed by atoms with Gasteiger partial charge in [0.15, 0.2) is 0 Å². The normalized spacial score (nSPS) is 30.9. The van der Waals surface area contributed by atoms with E-state index in [2.05, 4.69) is 10.2 Å². The van der Waals surface area contributed by atoms with Gasteiger partial charge in [0.2, 0.25) is 0 Å². The first-order chi connectivity index (χ1) is 8.99. The van der Waals surface area contributed by atoms with Gasteiger partial charge in [-0.05, 0) is 45.8 Å². The van der Waals surface area contributed by atoms with E-state index in [4.69, 9.17) is 4.74 Å². The van der Waals surface area contributed by atoms with Crippen molar-refractivity contribution in [2.24, 2.45) is 5.92 Å². The van der Waals surface area contributed by atoms with Crippen LogP contribution in [0.5, 0.6) is 0 Å². The van der Waals surface area contributed by atoms with Crippen LogP contribution in [-0.4, -0.2) is 56.5 Å². The van der Waals surface area contributed by atoms with Gasteiger partial charge in [0.25, 0.3) is 0 Å². The highest BCUT2D eigenvalue weighted by atomic mass is 19.4. The molecule has 0 aromatic rings. The van der Waals surface area contributed by atoms with Gasteiger partial charge in [0.05, 0.1) is 18.1 Å². The SMILES string of the molecule is CNCC1CCC(CN2CCC(C(F)(F)F)CC2)O1. The molecule has 6 heteroatoms. The van der Waals surface area contributed by atoms with Crippen molar-refractivity contribution in [3.8, 4) is 0 Å². The van der Waals surface area contributed by atoms with Crippen molar-refractivity contribution in [3.05, 3.63) is 0 Å². The van der Waals surface area contributed by atoms with Gasteiger partial charge >= 0.3 is 6.18 Å². The molecule has 2 heterocycles. The minimum absolute atomic E-state index is 0.195. The van der Waals surface area contributed by atoms with Gasteiger partial charge in [-0.25, -0.2) is 0 Å². The van der Waals surface area contributed by atoms with Crippen molar-refractivity contribution in [1.82, 2.24) is 10.2 Å². The predicted octanol–water partition coefficient (Wildman–Crippen LogP) is 2.03. The number of hydrogen-bond donors (Lipinski definition) is 1. The number of nitrogens with one attached hydrogen (secondary N) is 1. The van der Waals surface area contributed by atoms with Crippen molar-refractivity contribution in [2.75, 3.05) is 33.2 Å². The molecular weight excluding hydrogens is 257 g/mol. The smallest absolute Gasteiger partial charge is 0.372 e. The summed E-state index contributed by atoms with van der Waals surface area (Å²) in [7, 11) is 1.90. The van der Waals surface area contributed by atoms with Crippen LogP contribution in [0, 0.1) is 5.92 Å². The van der Waals surface area contributed by atoms with Gasteiger partial charge in [-0.1, -0.05) is 0 Å². The molecule has 2 aliphatic rings. The average Bonchev–Trinajstić information content (AvgIpc) is 2.77. The first kappa shape index (κ1) is 15.1. The molecule has 0 radical (unpaired) electrons. The third-order valence-electron chi connectivity index (χ3n) is 4.14. The molecule has 112 valence electrons. The minimum atomic E-state index is -4.02. The fraction of sp³-hybridized carbons (Fsp3) is 1.00. The Kier molecular flexibility index (Phi) is 5.09. The van der Waals surface area contributed by atoms with Crippen molar-refractivity contribution >= 4 is 0 Å². The summed E-state index contributed by atoms with van der Waals surface area (Å²) in [5.41, 5.74) is 0. The molecule has 0 aliphatic carbocycles. The summed E-state index contributed by atoms with van der Waals surface area (Å²) >= 11 is 0. The number of ether oxygens (including phenoxy) is 1. The number of hydrogen-bond acceptors (Lipinski definition) is 3. The number of nitrogens with zero attached hydrogens (tertiary/aromatic N) is 1. The molecule has 2 rings (SSSR count). The monoisotopic (exact) mass is 280 g/mol. The Balaban J connectivity index is 1.69. The first-order valence-corrected chi connectivity index (χ1v) is 7.08. The quantitative estimate of drug-likeness (QED) is 0.853. The van der Waals surface area contributed by atoms with E-state index in [1.54, 1.807) is 0 Å². The van der Waals surface area contributed by atoms with E-state index in [-0.39, 0.29) is 25.0 Å². The molecule has 0 aromatic carbocycles. The van der Waals surface area contributed by atoms with E-state index in [1.165, 1.54) is 0 Å². The number of likely N-dealkylation sites (tertiary alicyclic amines) is 1. The van der Waals surface area contributed by atoms with E-state index < -0.39 is 12.1 Å². The van der Waals surface area contributed by atoms with Gasteiger partial charge in [-0.2, -0.15) is 13.2 Å². The maximum absolute atomic E-state index is 12.6. The Morgan fingerprint density at radius 2 is 1.74 bits per heavy atom. The van der Waals surface area contributed by atoms with Crippen molar-refractivity contribution in [2.45, 2.75) is 44.1 Å². The lowest BCUT2D eigenvalue weighted by Crippen LogP contribution is -2.42. The predicted molar refractivity (Wildman–Crippen MR) is 67.0 cm³/mol. The molecule has 2 saturated heterocycles. The van der Waals surface area contributed by atoms with Crippen molar-refractivity contribution < 1.29 is 17.9 Å². The molecule has 3 nitrogen and oxygen atoms in total. The molecule has 19 heavy (non-hydrogen) atoms. The summed E-state index contributed by atoms with van der Waals surface area (Å²) in [5, 5.41) is 3.09. The molecule has 1 N–H and O–H groups in total. The van der Waals surface area contributed by atoms with E-state index in [1.807, 2.05) is 7.05 Å². The zero-order valence-corrected chi connectivity index (χ0v) is 11.4. The summed E-state index contributed by atoms with van der Waals surface area (Å²) in [4.78, 5) is 2.12. The highest BCUT2D eigenvalue weighted by Gasteiger charge is 2.41. The Labute approximate surface area is 112 Å². The molecule has 2 unspecified atom stereocenters. The summed E-state index contributed by atoms with van der Waals surface area (Å²) in [6.07, 6.45) is -1.03. The Morgan fingerprint density at radius 3 is 2.32 bits per heavy atom. The molecule has 2 atom stereocenters. The van der Waals surface area contributed by atoms with E-state index in [0.29, 0.717) is 13.1 Å².